The first-order valence-electron chi connectivity index (χ1n) is 8.04. The van der Waals surface area contributed by atoms with Crippen molar-refractivity contribution in [2.45, 2.75) is 83.8 Å². The number of thiol groups is 1. The predicted molar refractivity (Wildman–Crippen MR) is 96.8 cm³/mol. The summed E-state index contributed by atoms with van der Waals surface area (Å²) < 4.78 is 0. The number of hydrogen-bond acceptors (Lipinski definition) is 2. The van der Waals surface area contributed by atoms with Crippen molar-refractivity contribution in [3.8, 4) is 5.75 Å². The minimum absolute atomic E-state index is 0.0711. The van der Waals surface area contributed by atoms with E-state index in [2.05, 4.69) is 60.6 Å². The van der Waals surface area contributed by atoms with E-state index in [4.69, 9.17) is 12.6 Å². The van der Waals surface area contributed by atoms with Crippen LogP contribution in [0, 0.1) is 0 Å². The molecule has 0 aliphatic rings. The van der Waals surface area contributed by atoms with Gasteiger partial charge >= 0.3 is 0 Å². The van der Waals surface area contributed by atoms with Crippen molar-refractivity contribution in [3.63, 3.8) is 0 Å². The van der Waals surface area contributed by atoms with Gasteiger partial charge in [0.05, 0.1) is 0 Å². The van der Waals surface area contributed by atoms with Gasteiger partial charge in [0.1, 0.15) is 5.75 Å². The van der Waals surface area contributed by atoms with E-state index in [-0.39, 0.29) is 16.1 Å². The van der Waals surface area contributed by atoms with Gasteiger partial charge in [-0.05, 0) is 33.9 Å². The third-order valence-corrected chi connectivity index (χ3v) is 4.52. The van der Waals surface area contributed by atoms with Gasteiger partial charge in [-0.15, -0.1) is 0 Å². The van der Waals surface area contributed by atoms with E-state index in [0.29, 0.717) is 5.75 Å². The molecule has 1 aromatic carbocycles. The average Bonchev–Trinajstić information content (AvgIpc) is 2.33. The molecule has 0 saturated carbocycles. The molecule has 2 heteroatoms. The normalized spacial score (nSPS) is 14.3. The Bertz CT molecular complexity index is 442. The predicted octanol–water partition coefficient (Wildman–Crippen LogP) is 6.15. The third kappa shape index (κ3) is 4.67. The van der Waals surface area contributed by atoms with E-state index in [1.807, 2.05) is 0 Å². The highest BCUT2D eigenvalue weighted by atomic mass is 32.1. The molecule has 1 atom stereocenters. The Morgan fingerprint density at radius 3 is 1.76 bits per heavy atom. The zero-order chi connectivity index (χ0) is 16.4. The van der Waals surface area contributed by atoms with E-state index in [0.717, 1.165) is 17.5 Å². The summed E-state index contributed by atoms with van der Waals surface area (Å²) in [6.07, 6.45) is 3.45. The SMILES string of the molecule is CCCCC(S)c1cc(C(C)(C)C)c(O)c(C(C)(C)C)c1. The number of phenols is 1. The summed E-state index contributed by atoms with van der Waals surface area (Å²) in [7, 11) is 0. The number of hydrogen-bond donors (Lipinski definition) is 2. The smallest absolute Gasteiger partial charge is 0.123 e. The Hall–Kier alpha value is -0.630. The first-order valence-corrected chi connectivity index (χ1v) is 8.56. The molecule has 0 aliphatic heterocycles. The largest absolute Gasteiger partial charge is 0.507 e. The molecule has 1 aromatic rings. The Labute approximate surface area is 136 Å². The van der Waals surface area contributed by atoms with Crippen molar-refractivity contribution in [2.24, 2.45) is 0 Å². The molecule has 0 fully saturated rings. The quantitative estimate of drug-likeness (QED) is 0.639. The minimum Gasteiger partial charge on any atom is -0.507 e. The van der Waals surface area contributed by atoms with Crippen LogP contribution in [0.15, 0.2) is 12.1 Å². The molecule has 0 amide bonds. The van der Waals surface area contributed by atoms with Crippen molar-refractivity contribution in [1.82, 2.24) is 0 Å². The van der Waals surface area contributed by atoms with Gasteiger partial charge in [0.15, 0.2) is 0 Å². The minimum atomic E-state index is -0.0711. The van der Waals surface area contributed by atoms with Gasteiger partial charge in [0.2, 0.25) is 0 Å². The van der Waals surface area contributed by atoms with Crippen LogP contribution < -0.4 is 0 Å². The zero-order valence-corrected chi connectivity index (χ0v) is 15.6. The average molecular weight is 309 g/mol. The van der Waals surface area contributed by atoms with Gasteiger partial charge in [-0.2, -0.15) is 12.6 Å². The lowest BCUT2D eigenvalue weighted by atomic mass is 9.78. The van der Waals surface area contributed by atoms with Crippen molar-refractivity contribution in [1.29, 1.82) is 0 Å². The van der Waals surface area contributed by atoms with Gasteiger partial charge in [-0.1, -0.05) is 73.4 Å². The lowest BCUT2D eigenvalue weighted by molar-refractivity contribution is 0.422. The summed E-state index contributed by atoms with van der Waals surface area (Å²) in [5, 5.41) is 11.0. The van der Waals surface area contributed by atoms with Gasteiger partial charge in [-0.25, -0.2) is 0 Å². The molecule has 1 unspecified atom stereocenters. The fourth-order valence-corrected chi connectivity index (χ4v) is 2.89. The first-order chi connectivity index (χ1) is 9.48. The van der Waals surface area contributed by atoms with Crippen LogP contribution in [-0.2, 0) is 10.8 Å². The highest BCUT2D eigenvalue weighted by molar-refractivity contribution is 7.80. The maximum Gasteiger partial charge on any atom is 0.123 e. The molecule has 1 nitrogen and oxygen atoms in total. The fourth-order valence-electron chi connectivity index (χ4n) is 2.56. The number of benzene rings is 1. The molecule has 1 rings (SSSR count). The molecule has 120 valence electrons. The molecule has 0 aromatic heterocycles. The standard InChI is InChI=1S/C19H32OS/c1-8-9-10-16(21)13-11-14(18(2,3)4)17(20)15(12-13)19(5,6)7/h11-12,16,20-21H,8-10H2,1-7H3. The van der Waals surface area contributed by atoms with E-state index in [1.165, 1.54) is 18.4 Å². The summed E-state index contributed by atoms with van der Waals surface area (Å²) in [6, 6.07) is 4.30. The molecule has 21 heavy (non-hydrogen) atoms. The molecule has 0 spiro atoms. The van der Waals surface area contributed by atoms with Gasteiger partial charge in [0.25, 0.3) is 0 Å². The number of rotatable bonds is 4. The highest BCUT2D eigenvalue weighted by Gasteiger charge is 2.27. The lowest BCUT2D eigenvalue weighted by Gasteiger charge is -2.29. The second kappa shape index (κ2) is 6.64. The summed E-state index contributed by atoms with van der Waals surface area (Å²) in [5.74, 6) is 0.453. The van der Waals surface area contributed by atoms with E-state index in [9.17, 15) is 5.11 Å². The molecular weight excluding hydrogens is 276 g/mol. The van der Waals surface area contributed by atoms with Gasteiger partial charge in [-0.3, -0.25) is 0 Å². The second-order valence-corrected chi connectivity index (χ2v) is 8.75. The van der Waals surface area contributed by atoms with Crippen LogP contribution in [0.1, 0.15) is 89.7 Å². The molecule has 1 N–H and O–H groups in total. The van der Waals surface area contributed by atoms with Crippen molar-refractivity contribution < 1.29 is 5.11 Å². The first kappa shape index (κ1) is 18.4. The second-order valence-electron chi connectivity index (χ2n) is 8.12. The van der Waals surface area contributed by atoms with Crippen molar-refractivity contribution >= 4 is 12.6 Å². The van der Waals surface area contributed by atoms with Crippen LogP contribution in [0.4, 0.5) is 0 Å². The third-order valence-electron chi connectivity index (χ3n) is 3.96. The van der Waals surface area contributed by atoms with Crippen LogP contribution in [0.25, 0.3) is 0 Å². The van der Waals surface area contributed by atoms with Gasteiger partial charge < -0.3 is 5.11 Å². The Kier molecular flexibility index (Phi) is 5.83. The highest BCUT2D eigenvalue weighted by Crippen LogP contribution is 2.42. The molecule has 0 saturated heterocycles. The van der Waals surface area contributed by atoms with E-state index in [1.54, 1.807) is 0 Å². The maximum atomic E-state index is 10.7. The fraction of sp³-hybridized carbons (Fsp3) is 0.684. The van der Waals surface area contributed by atoms with E-state index >= 15 is 0 Å². The van der Waals surface area contributed by atoms with Crippen LogP contribution >= 0.6 is 12.6 Å². The van der Waals surface area contributed by atoms with Gasteiger partial charge in [0, 0.05) is 5.25 Å². The molecule has 0 aliphatic carbocycles. The Morgan fingerprint density at radius 1 is 1.00 bits per heavy atom. The number of phenolic OH excluding ortho intramolecular Hbond substituents is 1. The maximum absolute atomic E-state index is 10.7. The van der Waals surface area contributed by atoms with Crippen LogP contribution in [0.2, 0.25) is 0 Å². The van der Waals surface area contributed by atoms with E-state index < -0.39 is 0 Å². The van der Waals surface area contributed by atoms with Crippen molar-refractivity contribution in [2.75, 3.05) is 0 Å². The molecule has 0 heterocycles. The number of aromatic hydroxyl groups is 1. The van der Waals surface area contributed by atoms with Crippen LogP contribution in [-0.4, -0.2) is 5.11 Å². The van der Waals surface area contributed by atoms with Crippen molar-refractivity contribution in [3.05, 3.63) is 28.8 Å². The summed E-state index contributed by atoms with van der Waals surface area (Å²) in [6.45, 7) is 15.1. The Morgan fingerprint density at radius 2 is 1.43 bits per heavy atom. The summed E-state index contributed by atoms with van der Waals surface area (Å²) in [5.41, 5.74) is 3.15. The molecule has 0 bridgehead atoms. The zero-order valence-electron chi connectivity index (χ0n) is 14.7. The summed E-state index contributed by atoms with van der Waals surface area (Å²) >= 11 is 4.79. The van der Waals surface area contributed by atoms with Crippen LogP contribution in [0.3, 0.4) is 0 Å². The lowest BCUT2D eigenvalue weighted by Crippen LogP contribution is -2.18. The molecule has 0 radical (unpaired) electrons. The Balaban J connectivity index is 3.40. The molecular formula is C19H32OS. The monoisotopic (exact) mass is 308 g/mol. The summed E-state index contributed by atoms with van der Waals surface area (Å²) in [4.78, 5) is 0. The topological polar surface area (TPSA) is 20.2 Å². The van der Waals surface area contributed by atoms with Crippen LogP contribution in [0.5, 0.6) is 5.75 Å². The number of unbranched alkanes of at least 4 members (excludes halogenated alkanes) is 1.